The normalized spacial score (nSPS) is 15.1. The molecule has 0 saturated carbocycles. The Labute approximate surface area is 183 Å². The zero-order valence-electron chi connectivity index (χ0n) is 16.7. The summed E-state index contributed by atoms with van der Waals surface area (Å²) in [4.78, 5) is 11.2. The fourth-order valence-corrected chi connectivity index (χ4v) is 3.20. The van der Waals surface area contributed by atoms with E-state index in [1.54, 1.807) is 26.1 Å². The number of rotatable bonds is 5. The van der Waals surface area contributed by atoms with E-state index in [2.05, 4.69) is 37.6 Å². The minimum atomic E-state index is -0.187. The van der Waals surface area contributed by atoms with Crippen molar-refractivity contribution in [3.8, 4) is 0 Å². The lowest BCUT2D eigenvalue weighted by Gasteiger charge is -2.19. The van der Waals surface area contributed by atoms with Crippen LogP contribution in [0, 0.1) is 12.7 Å². The number of guanidine groups is 1. The van der Waals surface area contributed by atoms with Crippen molar-refractivity contribution >= 4 is 35.8 Å². The zero-order valence-corrected chi connectivity index (χ0v) is 19.0. The fourth-order valence-electron chi connectivity index (χ4n) is 3.20. The average molecular weight is 497 g/mol. The van der Waals surface area contributed by atoms with Gasteiger partial charge in [-0.25, -0.2) is 9.37 Å². The summed E-state index contributed by atoms with van der Waals surface area (Å²) < 4.78 is 13.8. The smallest absolute Gasteiger partial charge is 0.191 e. The molecule has 1 fully saturated rings. The Kier molecular flexibility index (Phi) is 8.47. The maximum Gasteiger partial charge on any atom is 0.191 e. The van der Waals surface area contributed by atoms with Crippen LogP contribution in [-0.2, 0) is 6.54 Å². The van der Waals surface area contributed by atoms with E-state index in [-0.39, 0.29) is 35.8 Å². The highest BCUT2D eigenvalue weighted by Crippen LogP contribution is 2.18. The van der Waals surface area contributed by atoms with Crippen molar-refractivity contribution in [2.45, 2.75) is 39.3 Å². The van der Waals surface area contributed by atoms with Crippen molar-refractivity contribution in [3.05, 3.63) is 59.0 Å². The van der Waals surface area contributed by atoms with Gasteiger partial charge in [0.15, 0.2) is 5.96 Å². The highest BCUT2D eigenvalue weighted by molar-refractivity contribution is 14.0. The standard InChI is InChI=1S/C21H28FN5.HI/c1-15-6-8-18(12-19(15)22)16(2)26-21(23-3)25-14-17-7-9-20(24-13-17)27-10-4-5-11-27;/h6-9,12-13,16H,4-5,10-11,14H2,1-3H3,(H2,23,25,26);1H. The van der Waals surface area contributed by atoms with Crippen LogP contribution in [0.5, 0.6) is 0 Å². The van der Waals surface area contributed by atoms with Gasteiger partial charge >= 0.3 is 0 Å². The van der Waals surface area contributed by atoms with Crippen molar-refractivity contribution in [1.82, 2.24) is 15.6 Å². The monoisotopic (exact) mass is 497 g/mol. The molecule has 28 heavy (non-hydrogen) atoms. The number of pyridine rings is 1. The second-order valence-electron chi connectivity index (χ2n) is 7.02. The van der Waals surface area contributed by atoms with E-state index in [0.29, 0.717) is 18.1 Å². The van der Waals surface area contributed by atoms with Crippen LogP contribution in [0.2, 0.25) is 0 Å². The van der Waals surface area contributed by atoms with E-state index in [0.717, 1.165) is 30.0 Å². The van der Waals surface area contributed by atoms with Gasteiger partial charge in [0.25, 0.3) is 0 Å². The van der Waals surface area contributed by atoms with Crippen LogP contribution in [0.1, 0.15) is 42.5 Å². The number of aryl methyl sites for hydroxylation is 1. The van der Waals surface area contributed by atoms with Gasteiger partial charge in [-0.1, -0.05) is 18.2 Å². The molecule has 0 spiro atoms. The number of nitrogens with one attached hydrogen (secondary N) is 2. The summed E-state index contributed by atoms with van der Waals surface area (Å²) in [6.07, 6.45) is 4.40. The minimum Gasteiger partial charge on any atom is -0.357 e. The van der Waals surface area contributed by atoms with Crippen LogP contribution >= 0.6 is 24.0 Å². The summed E-state index contributed by atoms with van der Waals surface area (Å²) in [5.41, 5.74) is 2.63. The molecule has 1 saturated heterocycles. The summed E-state index contributed by atoms with van der Waals surface area (Å²) in [5, 5.41) is 6.59. The molecule has 2 N–H and O–H groups in total. The van der Waals surface area contributed by atoms with Crippen LogP contribution in [-0.4, -0.2) is 31.1 Å². The quantitative estimate of drug-likeness (QED) is 0.370. The zero-order chi connectivity index (χ0) is 19.2. The molecule has 1 unspecified atom stereocenters. The van der Waals surface area contributed by atoms with Gasteiger partial charge in [0, 0.05) is 32.9 Å². The van der Waals surface area contributed by atoms with Crippen LogP contribution in [0.4, 0.5) is 10.2 Å². The molecule has 152 valence electrons. The fraction of sp³-hybridized carbons (Fsp3) is 0.429. The molecule has 1 aromatic carbocycles. The second-order valence-corrected chi connectivity index (χ2v) is 7.02. The maximum absolute atomic E-state index is 13.8. The summed E-state index contributed by atoms with van der Waals surface area (Å²) >= 11 is 0. The largest absolute Gasteiger partial charge is 0.357 e. The molecule has 5 nitrogen and oxygen atoms in total. The third-order valence-electron chi connectivity index (χ3n) is 4.97. The SMILES string of the molecule is CN=C(NCc1ccc(N2CCCC2)nc1)NC(C)c1ccc(C)c(F)c1.I. The van der Waals surface area contributed by atoms with Gasteiger partial charge < -0.3 is 15.5 Å². The predicted molar refractivity (Wildman–Crippen MR) is 124 cm³/mol. The first kappa shape index (κ1) is 22.4. The van der Waals surface area contributed by atoms with Crippen LogP contribution in [0.3, 0.4) is 0 Å². The summed E-state index contributed by atoms with van der Waals surface area (Å²) in [6.45, 7) is 6.57. The number of anilines is 1. The lowest BCUT2D eigenvalue weighted by Crippen LogP contribution is -2.38. The number of halogens is 2. The summed E-state index contributed by atoms with van der Waals surface area (Å²) in [5.74, 6) is 1.54. The van der Waals surface area contributed by atoms with Gasteiger partial charge in [0.1, 0.15) is 11.6 Å². The first-order valence-electron chi connectivity index (χ1n) is 9.50. The van der Waals surface area contributed by atoms with E-state index >= 15 is 0 Å². The third-order valence-corrected chi connectivity index (χ3v) is 4.97. The molecule has 2 aromatic rings. The molecule has 1 aliphatic heterocycles. The number of aromatic nitrogens is 1. The highest BCUT2D eigenvalue weighted by atomic mass is 127. The van der Waals surface area contributed by atoms with Gasteiger partial charge in [-0.2, -0.15) is 0 Å². The molecule has 0 radical (unpaired) electrons. The maximum atomic E-state index is 13.8. The van der Waals surface area contributed by atoms with Crippen molar-refractivity contribution in [2.24, 2.45) is 4.99 Å². The molecule has 7 heteroatoms. The van der Waals surface area contributed by atoms with Gasteiger partial charge in [-0.3, -0.25) is 4.99 Å². The summed E-state index contributed by atoms with van der Waals surface area (Å²) in [6, 6.07) is 9.43. The van der Waals surface area contributed by atoms with Gasteiger partial charge in [0.05, 0.1) is 6.04 Å². The number of hydrogen-bond donors (Lipinski definition) is 2. The Bertz CT molecular complexity index is 788. The lowest BCUT2D eigenvalue weighted by molar-refractivity contribution is 0.607. The molecule has 0 aliphatic carbocycles. The second kappa shape index (κ2) is 10.6. The molecular weight excluding hydrogens is 468 g/mol. The van der Waals surface area contributed by atoms with Crippen LogP contribution in [0.15, 0.2) is 41.5 Å². The van der Waals surface area contributed by atoms with E-state index in [1.807, 2.05) is 19.2 Å². The minimum absolute atomic E-state index is 0. The number of aliphatic imine (C=N–C) groups is 1. The van der Waals surface area contributed by atoms with Crippen LogP contribution in [0.25, 0.3) is 0 Å². The highest BCUT2D eigenvalue weighted by Gasteiger charge is 2.13. The molecule has 0 bridgehead atoms. The third kappa shape index (κ3) is 5.80. The lowest BCUT2D eigenvalue weighted by atomic mass is 10.1. The first-order chi connectivity index (χ1) is 13.1. The van der Waals surface area contributed by atoms with Crippen molar-refractivity contribution in [1.29, 1.82) is 0 Å². The molecule has 2 heterocycles. The van der Waals surface area contributed by atoms with Gasteiger partial charge in [0.2, 0.25) is 0 Å². The van der Waals surface area contributed by atoms with Gasteiger partial charge in [-0.05, 0) is 55.5 Å². The Morgan fingerprint density at radius 3 is 2.61 bits per heavy atom. The molecule has 3 rings (SSSR count). The number of hydrogen-bond acceptors (Lipinski definition) is 3. The van der Waals surface area contributed by atoms with E-state index in [1.165, 1.54) is 12.8 Å². The average Bonchev–Trinajstić information content (AvgIpc) is 3.22. The predicted octanol–water partition coefficient (Wildman–Crippen LogP) is 4.17. The van der Waals surface area contributed by atoms with Crippen molar-refractivity contribution in [3.63, 3.8) is 0 Å². The number of nitrogens with zero attached hydrogens (tertiary/aromatic N) is 3. The molecule has 1 aliphatic rings. The molecule has 0 amide bonds. The number of benzene rings is 1. The Morgan fingerprint density at radius 1 is 1.25 bits per heavy atom. The first-order valence-corrected chi connectivity index (χ1v) is 9.50. The van der Waals surface area contributed by atoms with E-state index < -0.39 is 0 Å². The van der Waals surface area contributed by atoms with Gasteiger partial charge in [-0.15, -0.1) is 24.0 Å². The molecule has 1 atom stereocenters. The van der Waals surface area contributed by atoms with Crippen molar-refractivity contribution < 1.29 is 4.39 Å². The Morgan fingerprint density at radius 2 is 2.00 bits per heavy atom. The molecular formula is C21H29FIN5. The topological polar surface area (TPSA) is 52.6 Å². The van der Waals surface area contributed by atoms with Crippen molar-refractivity contribution in [2.75, 3.05) is 25.0 Å². The Hall–Kier alpha value is -1.90. The molecule has 1 aromatic heterocycles. The van der Waals surface area contributed by atoms with Crippen LogP contribution < -0.4 is 15.5 Å². The van der Waals surface area contributed by atoms with E-state index in [4.69, 9.17) is 0 Å². The van der Waals surface area contributed by atoms with E-state index in [9.17, 15) is 4.39 Å². The Balaban J connectivity index is 0.00000280. The summed E-state index contributed by atoms with van der Waals surface area (Å²) in [7, 11) is 1.73.